The lowest BCUT2D eigenvalue weighted by Gasteiger charge is -2.44. The molecule has 426 valence electrons. The Hall–Kier alpha value is -10.2. The van der Waals surface area contributed by atoms with Gasteiger partial charge in [0, 0.05) is 104 Å². The number of rotatable bonds is 11. The molecule has 0 amide bonds. The van der Waals surface area contributed by atoms with Gasteiger partial charge in [0.15, 0.2) is 0 Å². The van der Waals surface area contributed by atoms with Crippen molar-refractivity contribution in [2.75, 3.05) is 29.4 Å². The Morgan fingerprint density at radius 3 is 1.34 bits per heavy atom. The van der Waals surface area contributed by atoms with Gasteiger partial charge >= 0.3 is 0 Å². The molecule has 88 heavy (non-hydrogen) atoms. The number of hydrogen-bond donors (Lipinski definition) is 0. The van der Waals surface area contributed by atoms with E-state index >= 15 is 0 Å². The van der Waals surface area contributed by atoms with Crippen molar-refractivity contribution < 1.29 is 0 Å². The number of halogens is 1. The Kier molecular flexibility index (Phi) is 14.2. The molecular formula is C80H66BClN6. The highest BCUT2D eigenvalue weighted by Crippen LogP contribution is 2.53. The molecule has 6 nitrogen and oxygen atoms in total. The molecule has 12 aromatic carbocycles. The van der Waals surface area contributed by atoms with Crippen molar-refractivity contribution in [1.82, 2.24) is 0 Å². The van der Waals surface area contributed by atoms with Crippen molar-refractivity contribution in [2.45, 2.75) is 51.6 Å². The summed E-state index contributed by atoms with van der Waals surface area (Å²) in [6.45, 7) is 9.52. The lowest BCUT2D eigenvalue weighted by atomic mass is 9.33. The van der Waals surface area contributed by atoms with Crippen LogP contribution >= 0.6 is 11.6 Å². The number of benzene rings is 12. The van der Waals surface area contributed by atoms with Gasteiger partial charge in [0.25, 0.3) is 6.71 Å². The molecule has 0 saturated heterocycles. The minimum absolute atomic E-state index is 0.163. The maximum absolute atomic E-state index is 7.46. The first-order valence-electron chi connectivity index (χ1n) is 30.8. The second-order valence-corrected chi connectivity index (χ2v) is 23.9. The third kappa shape index (κ3) is 9.28. The smallest absolute Gasteiger partial charge is 0.252 e. The quantitative estimate of drug-likeness (QED) is 0.119. The standard InChI is InChI=1S/C40H32BN3.C40H34ClN3/c1-27-28(2)42-36-22-13-23-37-39(36)41(35-21-12-20-33(27)40(35)42)34-25-24-32(26-38(34)44(37)31-18-10-5-11-19-31)43(29-14-6-3-7-15-29)30-16-8-4-9-17-30;1-29-30(2)42(37-25-13-12-24-36(29)37)38-26-15-27-39(40(38)41)44(33-20-10-5-11-21-33)35-23-14-22-34(28-35)43(31-16-6-3-7-17-31)32-18-8-4-9-19-32/h3-28H,1-2H3;3-30H,1-2H3. The van der Waals surface area contributed by atoms with Gasteiger partial charge in [0.1, 0.15) is 0 Å². The number of hydrogen-bond acceptors (Lipinski definition) is 6. The van der Waals surface area contributed by atoms with Crippen LogP contribution in [0.3, 0.4) is 0 Å². The largest absolute Gasteiger partial charge is 0.339 e. The zero-order chi connectivity index (χ0) is 59.4. The molecule has 0 radical (unpaired) electrons. The lowest BCUT2D eigenvalue weighted by Crippen LogP contribution is -2.62. The first kappa shape index (κ1) is 54.4. The van der Waals surface area contributed by atoms with E-state index in [0.717, 1.165) is 61.9 Å². The van der Waals surface area contributed by atoms with E-state index < -0.39 is 0 Å². The second-order valence-electron chi connectivity index (χ2n) is 23.5. The van der Waals surface area contributed by atoms with E-state index in [9.17, 15) is 0 Å². The molecule has 4 aliphatic rings. The molecule has 4 unspecified atom stereocenters. The van der Waals surface area contributed by atoms with E-state index in [1.807, 2.05) is 6.07 Å². The summed E-state index contributed by atoms with van der Waals surface area (Å²) in [5, 5.41) is 0.723. The fourth-order valence-electron chi connectivity index (χ4n) is 14.3. The van der Waals surface area contributed by atoms with Gasteiger partial charge in [-0.3, -0.25) is 0 Å². The zero-order valence-corrected chi connectivity index (χ0v) is 50.6. The summed E-state index contributed by atoms with van der Waals surface area (Å²) >= 11 is 7.46. The Labute approximate surface area is 523 Å². The van der Waals surface area contributed by atoms with Gasteiger partial charge in [0.2, 0.25) is 0 Å². The van der Waals surface area contributed by atoms with Crippen LogP contribution in [-0.2, 0) is 0 Å². The average molecular weight is 1160 g/mol. The van der Waals surface area contributed by atoms with Crippen LogP contribution in [-0.4, -0.2) is 18.8 Å². The SMILES string of the molecule is CC1c2cccc3c2N(c2cccc4c2B3c2ccc(N(c3ccccc3)c3ccccc3)cc2N4c2ccccc2)C1C.CC1c2ccccc2N(c2cccc(N(c3ccccc3)c3cccc(N(c4ccccc4)c4ccccc4)c3)c2Cl)C1C. The Morgan fingerprint density at radius 2 is 0.739 bits per heavy atom. The van der Waals surface area contributed by atoms with E-state index in [4.69, 9.17) is 11.6 Å². The molecule has 0 N–H and O–H groups in total. The van der Waals surface area contributed by atoms with Crippen LogP contribution < -0.4 is 45.8 Å². The van der Waals surface area contributed by atoms with Crippen LogP contribution in [0.4, 0.5) is 91.0 Å². The van der Waals surface area contributed by atoms with Crippen molar-refractivity contribution in [2.24, 2.45) is 0 Å². The van der Waals surface area contributed by atoms with E-state index in [-0.39, 0.29) is 12.8 Å². The van der Waals surface area contributed by atoms with Crippen LogP contribution in [0.15, 0.2) is 303 Å². The first-order chi connectivity index (χ1) is 43.3. The summed E-state index contributed by atoms with van der Waals surface area (Å²) < 4.78 is 0. The monoisotopic (exact) mass is 1160 g/mol. The van der Waals surface area contributed by atoms with Gasteiger partial charge in [-0.1, -0.05) is 195 Å². The van der Waals surface area contributed by atoms with Crippen LogP contribution in [0.5, 0.6) is 0 Å². The van der Waals surface area contributed by atoms with E-state index in [1.165, 1.54) is 61.6 Å². The normalized spacial score (nSPS) is 16.4. The third-order valence-corrected chi connectivity index (χ3v) is 19.0. The zero-order valence-electron chi connectivity index (χ0n) is 49.8. The molecule has 4 heterocycles. The number of para-hydroxylation sites is 8. The van der Waals surface area contributed by atoms with Gasteiger partial charge in [-0.05, 0) is 175 Å². The molecule has 0 aliphatic carbocycles. The molecule has 8 heteroatoms. The average Bonchev–Trinajstić information content (AvgIpc) is 1.25. The summed E-state index contributed by atoms with van der Waals surface area (Å²) in [5.41, 5.74) is 25.3. The molecule has 4 aliphatic heterocycles. The Bertz CT molecular complexity index is 4400. The highest BCUT2D eigenvalue weighted by molar-refractivity contribution is 7.00. The van der Waals surface area contributed by atoms with E-state index in [0.29, 0.717) is 17.9 Å². The van der Waals surface area contributed by atoms with Crippen LogP contribution in [0, 0.1) is 0 Å². The van der Waals surface area contributed by atoms with Gasteiger partial charge < -0.3 is 29.4 Å². The maximum atomic E-state index is 7.46. The predicted molar refractivity (Wildman–Crippen MR) is 374 cm³/mol. The summed E-state index contributed by atoms with van der Waals surface area (Å²) in [5.74, 6) is 0.869. The Morgan fingerprint density at radius 1 is 0.318 bits per heavy atom. The van der Waals surface area contributed by atoms with Gasteiger partial charge in [0.05, 0.1) is 16.4 Å². The molecule has 0 bridgehead atoms. The fourth-order valence-corrected chi connectivity index (χ4v) is 14.6. The number of fused-ring (bicyclic) bond motifs is 5. The molecule has 16 rings (SSSR count). The molecule has 0 saturated carbocycles. The minimum atomic E-state index is 0.163. The van der Waals surface area contributed by atoms with Gasteiger partial charge in [-0.25, -0.2) is 0 Å². The molecule has 0 spiro atoms. The summed E-state index contributed by atoms with van der Waals surface area (Å²) in [6.07, 6.45) is 0. The lowest BCUT2D eigenvalue weighted by molar-refractivity contribution is 0.642. The summed E-state index contributed by atoms with van der Waals surface area (Å²) in [7, 11) is 0. The van der Waals surface area contributed by atoms with Crippen molar-refractivity contribution in [1.29, 1.82) is 0 Å². The molecular weight excluding hydrogens is 1090 g/mol. The molecule has 0 aromatic heterocycles. The minimum Gasteiger partial charge on any atom is -0.339 e. The predicted octanol–water partition coefficient (Wildman–Crippen LogP) is 20.3. The molecule has 0 fully saturated rings. The third-order valence-electron chi connectivity index (χ3n) is 18.7. The molecule has 12 aromatic rings. The van der Waals surface area contributed by atoms with Gasteiger partial charge in [-0.15, -0.1) is 0 Å². The highest BCUT2D eigenvalue weighted by Gasteiger charge is 2.48. The van der Waals surface area contributed by atoms with Crippen LogP contribution in [0.1, 0.15) is 50.7 Å². The van der Waals surface area contributed by atoms with Crippen LogP contribution in [0.2, 0.25) is 5.02 Å². The topological polar surface area (TPSA) is 19.4 Å². The maximum Gasteiger partial charge on any atom is 0.252 e. The summed E-state index contributed by atoms with van der Waals surface area (Å²) in [4.78, 5) is 14.4. The summed E-state index contributed by atoms with van der Waals surface area (Å²) in [6, 6.07) is 109. The van der Waals surface area contributed by atoms with Crippen molar-refractivity contribution in [3.63, 3.8) is 0 Å². The molecule has 4 atom stereocenters. The van der Waals surface area contributed by atoms with Gasteiger partial charge in [-0.2, -0.15) is 0 Å². The highest BCUT2D eigenvalue weighted by atomic mass is 35.5. The number of nitrogens with zero attached hydrogens (tertiary/aromatic N) is 6. The van der Waals surface area contributed by atoms with Crippen molar-refractivity contribution >= 4 is 126 Å². The van der Waals surface area contributed by atoms with E-state index in [2.05, 4.69) is 354 Å². The van der Waals surface area contributed by atoms with E-state index in [1.54, 1.807) is 0 Å². The Balaban J connectivity index is 0.000000148. The first-order valence-corrected chi connectivity index (χ1v) is 31.2. The van der Waals surface area contributed by atoms with Crippen molar-refractivity contribution in [3.8, 4) is 0 Å². The number of anilines is 16. The van der Waals surface area contributed by atoms with Crippen molar-refractivity contribution in [3.05, 3.63) is 319 Å². The second kappa shape index (κ2) is 22.9. The van der Waals surface area contributed by atoms with Crippen LogP contribution in [0.25, 0.3) is 0 Å². The fraction of sp³-hybridized carbons (Fsp3) is 0.100.